The molecular formula is C12H20N2OS. The zero-order valence-electron chi connectivity index (χ0n) is 10.3. The van der Waals surface area contributed by atoms with Crippen LogP contribution in [0, 0.1) is 0 Å². The molecule has 1 heterocycles. The lowest BCUT2D eigenvalue weighted by molar-refractivity contribution is 0.112. The highest BCUT2D eigenvalue weighted by Crippen LogP contribution is 2.25. The van der Waals surface area contributed by atoms with Crippen LogP contribution in [0.5, 0.6) is 0 Å². The number of rotatable bonds is 7. The summed E-state index contributed by atoms with van der Waals surface area (Å²) in [4.78, 5) is 18.5. The Morgan fingerprint density at radius 3 is 2.25 bits per heavy atom. The molecule has 1 aromatic heterocycles. The van der Waals surface area contributed by atoms with Crippen LogP contribution in [0.1, 0.15) is 49.0 Å². The van der Waals surface area contributed by atoms with Gasteiger partial charge in [-0.15, -0.1) is 0 Å². The summed E-state index contributed by atoms with van der Waals surface area (Å²) in [5.74, 6) is 0. The van der Waals surface area contributed by atoms with Crippen LogP contribution in [0.2, 0.25) is 0 Å². The van der Waals surface area contributed by atoms with Crippen molar-refractivity contribution in [2.24, 2.45) is 0 Å². The Kier molecular flexibility index (Phi) is 5.46. The third-order valence-corrected chi connectivity index (χ3v) is 3.50. The van der Waals surface area contributed by atoms with E-state index in [-0.39, 0.29) is 0 Å². The number of hydrogen-bond donors (Lipinski definition) is 0. The first kappa shape index (κ1) is 13.2. The van der Waals surface area contributed by atoms with E-state index in [1.54, 1.807) is 0 Å². The van der Waals surface area contributed by atoms with Gasteiger partial charge in [-0.2, -0.15) is 0 Å². The van der Waals surface area contributed by atoms with Crippen molar-refractivity contribution < 1.29 is 4.79 Å². The maximum atomic E-state index is 10.9. The van der Waals surface area contributed by atoms with Crippen molar-refractivity contribution in [2.45, 2.75) is 40.0 Å². The summed E-state index contributed by atoms with van der Waals surface area (Å²) in [5, 5.41) is 1.00. The summed E-state index contributed by atoms with van der Waals surface area (Å²) in [6.07, 6.45) is 3.97. The zero-order valence-corrected chi connectivity index (χ0v) is 11.1. The number of nitrogens with zero attached hydrogens (tertiary/aromatic N) is 2. The number of carbonyl (C=O) groups is 1. The highest BCUT2D eigenvalue weighted by Gasteiger charge is 2.13. The molecule has 0 radical (unpaired) electrons. The third-order valence-electron chi connectivity index (χ3n) is 2.42. The van der Waals surface area contributed by atoms with Crippen molar-refractivity contribution in [1.29, 1.82) is 0 Å². The van der Waals surface area contributed by atoms with Crippen LogP contribution < -0.4 is 4.90 Å². The lowest BCUT2D eigenvalue weighted by Gasteiger charge is -2.19. The number of carbonyl (C=O) groups excluding carboxylic acids is 1. The first-order valence-electron chi connectivity index (χ1n) is 5.96. The first-order chi connectivity index (χ1) is 7.76. The average Bonchev–Trinajstić information content (AvgIpc) is 2.71. The number of hydrogen-bond acceptors (Lipinski definition) is 4. The molecule has 0 N–H and O–H groups in total. The number of aryl methyl sites for hydroxylation is 1. The molecule has 1 rings (SSSR count). The minimum Gasteiger partial charge on any atom is -0.348 e. The first-order valence-corrected chi connectivity index (χ1v) is 6.78. The minimum atomic E-state index is 0.787. The maximum absolute atomic E-state index is 10.9. The van der Waals surface area contributed by atoms with Crippen LogP contribution in [0.4, 0.5) is 5.13 Å². The number of anilines is 1. The minimum absolute atomic E-state index is 0.787. The Hall–Kier alpha value is -0.900. The standard InChI is InChI=1S/C12H20N2OS/c1-4-7-14(8-5-2)12-13-10(6-3)11(9-15)16-12/h9H,4-8H2,1-3H3. The number of thiazole rings is 1. The molecule has 0 aliphatic heterocycles. The van der Waals surface area contributed by atoms with Crippen LogP contribution in [0.3, 0.4) is 0 Å². The van der Waals surface area contributed by atoms with Gasteiger partial charge in [-0.25, -0.2) is 4.98 Å². The molecule has 4 heteroatoms. The lowest BCUT2D eigenvalue weighted by atomic mass is 10.3. The second-order valence-corrected chi connectivity index (χ2v) is 4.77. The summed E-state index contributed by atoms with van der Waals surface area (Å²) in [6, 6.07) is 0. The van der Waals surface area contributed by atoms with Gasteiger partial charge < -0.3 is 4.90 Å². The number of aldehydes is 1. The molecule has 0 unspecified atom stereocenters. The summed E-state index contributed by atoms with van der Waals surface area (Å²) in [7, 11) is 0. The second kappa shape index (κ2) is 6.63. The molecule has 0 fully saturated rings. The Morgan fingerprint density at radius 1 is 1.25 bits per heavy atom. The van der Waals surface area contributed by atoms with Gasteiger partial charge >= 0.3 is 0 Å². The highest BCUT2D eigenvalue weighted by atomic mass is 32.1. The van der Waals surface area contributed by atoms with Gasteiger partial charge in [-0.1, -0.05) is 32.1 Å². The molecule has 0 atom stereocenters. The Balaban J connectivity index is 2.90. The van der Waals surface area contributed by atoms with Crippen LogP contribution in [0.25, 0.3) is 0 Å². The van der Waals surface area contributed by atoms with Gasteiger partial charge in [-0.3, -0.25) is 4.79 Å². The van der Waals surface area contributed by atoms with E-state index >= 15 is 0 Å². The quantitative estimate of drug-likeness (QED) is 0.686. The van der Waals surface area contributed by atoms with E-state index in [1.807, 2.05) is 6.92 Å². The molecule has 0 bridgehead atoms. The van der Waals surface area contributed by atoms with Crippen LogP contribution in [0.15, 0.2) is 0 Å². The topological polar surface area (TPSA) is 33.2 Å². The maximum Gasteiger partial charge on any atom is 0.186 e. The molecule has 0 amide bonds. The van der Waals surface area contributed by atoms with Gasteiger partial charge in [0.1, 0.15) is 0 Å². The molecule has 90 valence electrons. The van der Waals surface area contributed by atoms with Crippen molar-refractivity contribution in [3.63, 3.8) is 0 Å². The summed E-state index contributed by atoms with van der Waals surface area (Å²) < 4.78 is 0. The van der Waals surface area contributed by atoms with E-state index in [1.165, 1.54) is 11.3 Å². The summed E-state index contributed by atoms with van der Waals surface area (Å²) >= 11 is 1.52. The van der Waals surface area contributed by atoms with E-state index in [2.05, 4.69) is 23.7 Å². The molecule has 3 nitrogen and oxygen atoms in total. The zero-order chi connectivity index (χ0) is 12.0. The van der Waals surface area contributed by atoms with E-state index in [4.69, 9.17) is 0 Å². The fourth-order valence-electron chi connectivity index (χ4n) is 1.67. The largest absolute Gasteiger partial charge is 0.348 e. The normalized spacial score (nSPS) is 10.4. The molecule has 0 saturated heterocycles. The predicted octanol–water partition coefficient (Wildman–Crippen LogP) is 3.14. The molecule has 16 heavy (non-hydrogen) atoms. The smallest absolute Gasteiger partial charge is 0.186 e. The van der Waals surface area contributed by atoms with Crippen LogP contribution in [-0.4, -0.2) is 24.4 Å². The molecule has 0 spiro atoms. The van der Waals surface area contributed by atoms with E-state index in [9.17, 15) is 4.79 Å². The fraction of sp³-hybridized carbons (Fsp3) is 0.667. The fourth-order valence-corrected chi connectivity index (χ4v) is 2.69. The van der Waals surface area contributed by atoms with Crippen molar-refractivity contribution in [3.05, 3.63) is 10.6 Å². The van der Waals surface area contributed by atoms with Gasteiger partial charge in [-0.05, 0) is 19.3 Å². The summed E-state index contributed by atoms with van der Waals surface area (Å²) in [6.45, 7) is 8.40. The van der Waals surface area contributed by atoms with Gasteiger partial charge in [0, 0.05) is 13.1 Å². The highest BCUT2D eigenvalue weighted by molar-refractivity contribution is 7.17. The number of aromatic nitrogens is 1. The molecule has 0 aliphatic rings. The van der Waals surface area contributed by atoms with Crippen molar-refractivity contribution in [1.82, 2.24) is 4.98 Å². The SMILES string of the molecule is CCCN(CCC)c1nc(CC)c(C=O)s1. The van der Waals surface area contributed by atoms with Gasteiger partial charge in [0.15, 0.2) is 11.4 Å². The van der Waals surface area contributed by atoms with Gasteiger partial charge in [0.25, 0.3) is 0 Å². The Bertz CT molecular complexity index is 330. The molecule has 0 saturated carbocycles. The summed E-state index contributed by atoms with van der Waals surface area (Å²) in [5.41, 5.74) is 0.937. The van der Waals surface area contributed by atoms with Crippen molar-refractivity contribution in [3.8, 4) is 0 Å². The Labute approximate surface area is 101 Å². The van der Waals surface area contributed by atoms with E-state index < -0.39 is 0 Å². The molecule has 0 aliphatic carbocycles. The van der Waals surface area contributed by atoms with E-state index in [0.717, 1.165) is 54.3 Å². The van der Waals surface area contributed by atoms with Gasteiger partial charge in [0.05, 0.1) is 10.6 Å². The molecular weight excluding hydrogens is 220 g/mol. The van der Waals surface area contributed by atoms with Gasteiger partial charge in [0.2, 0.25) is 0 Å². The van der Waals surface area contributed by atoms with Crippen molar-refractivity contribution in [2.75, 3.05) is 18.0 Å². The molecule has 0 aromatic carbocycles. The average molecular weight is 240 g/mol. The second-order valence-electron chi connectivity index (χ2n) is 3.77. The van der Waals surface area contributed by atoms with E-state index in [0.29, 0.717) is 0 Å². The molecule has 1 aromatic rings. The monoisotopic (exact) mass is 240 g/mol. The van der Waals surface area contributed by atoms with Crippen molar-refractivity contribution >= 4 is 22.8 Å². The van der Waals surface area contributed by atoms with Crippen LogP contribution >= 0.6 is 11.3 Å². The lowest BCUT2D eigenvalue weighted by Crippen LogP contribution is -2.24. The Morgan fingerprint density at radius 2 is 1.88 bits per heavy atom. The van der Waals surface area contributed by atoms with Crippen LogP contribution in [-0.2, 0) is 6.42 Å². The third kappa shape index (κ3) is 3.04. The predicted molar refractivity (Wildman–Crippen MR) is 69.7 cm³/mol.